The van der Waals surface area contributed by atoms with Gasteiger partial charge in [0.1, 0.15) is 11.6 Å². The normalized spacial score (nSPS) is 11.4. The maximum Gasteiger partial charge on any atom is 0.416 e. The molecule has 3 aromatic heterocycles. The average molecular weight is 441 g/mol. The van der Waals surface area contributed by atoms with E-state index in [1.165, 1.54) is 23.1 Å². The van der Waals surface area contributed by atoms with Gasteiger partial charge in [0.2, 0.25) is 0 Å². The van der Waals surface area contributed by atoms with Gasteiger partial charge in [-0.15, -0.1) is 0 Å². The lowest BCUT2D eigenvalue weighted by atomic mass is 10.1. The van der Waals surface area contributed by atoms with Crippen LogP contribution < -0.4 is 5.32 Å². The van der Waals surface area contributed by atoms with E-state index < -0.39 is 23.5 Å². The summed E-state index contributed by atoms with van der Waals surface area (Å²) in [5.41, 5.74) is 1.83. The van der Waals surface area contributed by atoms with Gasteiger partial charge in [-0.05, 0) is 42.8 Å². The molecule has 0 saturated heterocycles. The molecule has 3 heterocycles. The van der Waals surface area contributed by atoms with E-state index in [1.54, 1.807) is 24.4 Å². The van der Waals surface area contributed by atoms with E-state index in [4.69, 9.17) is 0 Å². The van der Waals surface area contributed by atoms with Crippen LogP contribution in [-0.2, 0) is 6.18 Å². The predicted molar refractivity (Wildman–Crippen MR) is 109 cm³/mol. The van der Waals surface area contributed by atoms with Gasteiger partial charge in [0.25, 0.3) is 5.91 Å². The monoisotopic (exact) mass is 441 g/mol. The molecule has 0 aliphatic carbocycles. The first-order valence-electron chi connectivity index (χ1n) is 9.32. The fraction of sp³-hybridized carbons (Fsp3) is 0.0909. The van der Waals surface area contributed by atoms with E-state index in [0.717, 1.165) is 30.1 Å². The van der Waals surface area contributed by atoms with Crippen molar-refractivity contribution in [1.82, 2.24) is 19.7 Å². The third kappa shape index (κ3) is 4.48. The summed E-state index contributed by atoms with van der Waals surface area (Å²) in [5, 5.41) is 6.65. The van der Waals surface area contributed by atoms with Gasteiger partial charge >= 0.3 is 6.18 Å². The zero-order valence-electron chi connectivity index (χ0n) is 16.6. The Morgan fingerprint density at radius 1 is 1.03 bits per heavy atom. The van der Waals surface area contributed by atoms with Crippen LogP contribution >= 0.6 is 0 Å². The molecule has 1 aromatic carbocycles. The van der Waals surface area contributed by atoms with Crippen LogP contribution in [0.5, 0.6) is 0 Å². The Balaban J connectivity index is 1.60. The second-order valence-electron chi connectivity index (χ2n) is 6.95. The maximum atomic E-state index is 13.5. The molecule has 1 N–H and O–H groups in total. The van der Waals surface area contributed by atoms with Gasteiger partial charge in [-0.1, -0.05) is 6.07 Å². The number of amides is 1. The van der Waals surface area contributed by atoms with Crippen molar-refractivity contribution in [3.63, 3.8) is 0 Å². The Labute approximate surface area is 179 Å². The number of rotatable bonds is 4. The molecule has 4 aromatic rings. The van der Waals surface area contributed by atoms with Crippen molar-refractivity contribution in [3.8, 4) is 16.8 Å². The van der Waals surface area contributed by atoms with Gasteiger partial charge < -0.3 is 5.32 Å². The Hall–Kier alpha value is -4.08. The highest BCUT2D eigenvalue weighted by Crippen LogP contribution is 2.30. The van der Waals surface area contributed by atoms with Crippen LogP contribution in [-0.4, -0.2) is 25.7 Å². The molecule has 0 spiro atoms. The molecule has 1 amide bonds. The van der Waals surface area contributed by atoms with Crippen LogP contribution in [0.1, 0.15) is 21.5 Å². The summed E-state index contributed by atoms with van der Waals surface area (Å²) in [7, 11) is 0. The molecule has 0 fully saturated rings. The quantitative estimate of drug-likeness (QED) is 0.450. The summed E-state index contributed by atoms with van der Waals surface area (Å²) in [5.74, 6) is -1.32. The third-order valence-electron chi connectivity index (χ3n) is 4.67. The maximum absolute atomic E-state index is 13.5. The lowest BCUT2D eigenvalue weighted by Gasteiger charge is -2.11. The largest absolute Gasteiger partial charge is 0.416 e. The number of nitrogens with one attached hydrogen (secondary N) is 1. The van der Waals surface area contributed by atoms with E-state index >= 15 is 0 Å². The zero-order valence-corrected chi connectivity index (χ0v) is 16.6. The molecule has 162 valence electrons. The van der Waals surface area contributed by atoms with Crippen molar-refractivity contribution in [3.05, 3.63) is 89.9 Å². The highest BCUT2D eigenvalue weighted by atomic mass is 19.4. The van der Waals surface area contributed by atoms with Crippen LogP contribution in [0, 0.1) is 12.7 Å². The third-order valence-corrected chi connectivity index (χ3v) is 4.67. The molecule has 10 heteroatoms. The number of halogens is 4. The van der Waals surface area contributed by atoms with Crippen molar-refractivity contribution < 1.29 is 22.4 Å². The summed E-state index contributed by atoms with van der Waals surface area (Å²) in [6.45, 7) is 1.82. The lowest BCUT2D eigenvalue weighted by molar-refractivity contribution is -0.137. The SMILES string of the molecule is Cc1ccc(C(=O)Nc2cc(C(F)(F)F)ccn2)cc1-n1cc(-c2cncc(F)c2)cn1. The van der Waals surface area contributed by atoms with Crippen molar-refractivity contribution in [2.45, 2.75) is 13.1 Å². The van der Waals surface area contributed by atoms with Crippen LogP contribution in [0.3, 0.4) is 0 Å². The predicted octanol–water partition coefficient (Wildman–Crippen LogP) is 5.05. The number of alkyl halides is 3. The van der Waals surface area contributed by atoms with E-state index in [-0.39, 0.29) is 11.4 Å². The number of nitrogens with zero attached hydrogens (tertiary/aromatic N) is 4. The number of hydrogen-bond donors (Lipinski definition) is 1. The number of aromatic nitrogens is 4. The molecular formula is C22H15F4N5O. The van der Waals surface area contributed by atoms with E-state index in [2.05, 4.69) is 20.4 Å². The molecule has 0 aliphatic heterocycles. The summed E-state index contributed by atoms with van der Waals surface area (Å²) in [4.78, 5) is 20.2. The minimum atomic E-state index is -4.55. The molecule has 0 aliphatic rings. The number of carbonyl (C=O) groups excluding carboxylic acids is 1. The Kier molecular flexibility index (Phi) is 5.43. The second kappa shape index (κ2) is 8.22. The summed E-state index contributed by atoms with van der Waals surface area (Å²) < 4.78 is 53.6. The van der Waals surface area contributed by atoms with Gasteiger partial charge in [-0.2, -0.15) is 18.3 Å². The molecular weight excluding hydrogens is 426 g/mol. The van der Waals surface area contributed by atoms with Crippen molar-refractivity contribution in [1.29, 1.82) is 0 Å². The molecule has 4 rings (SSSR count). The molecule has 6 nitrogen and oxygen atoms in total. The number of pyridine rings is 2. The van der Waals surface area contributed by atoms with Gasteiger partial charge in [0, 0.05) is 35.3 Å². The van der Waals surface area contributed by atoms with E-state index in [9.17, 15) is 22.4 Å². The fourth-order valence-corrected chi connectivity index (χ4v) is 3.03. The number of aryl methyl sites for hydroxylation is 1. The molecule has 32 heavy (non-hydrogen) atoms. The standard InChI is InChI=1S/C22H15F4N5O/c1-13-2-3-14(21(32)30-20-8-17(4-5-28-20)22(24,25)26)7-19(13)31-12-16(10-29-31)15-6-18(23)11-27-9-15/h2-12H,1H3,(H,28,30,32). The number of hydrogen-bond acceptors (Lipinski definition) is 4. The van der Waals surface area contributed by atoms with Gasteiger partial charge in [0.15, 0.2) is 0 Å². The molecule has 0 unspecified atom stereocenters. The van der Waals surface area contributed by atoms with E-state index in [0.29, 0.717) is 16.8 Å². The zero-order chi connectivity index (χ0) is 22.9. The summed E-state index contributed by atoms with van der Waals surface area (Å²) in [6, 6.07) is 7.70. The van der Waals surface area contributed by atoms with E-state index in [1.807, 2.05) is 6.92 Å². The summed E-state index contributed by atoms with van der Waals surface area (Å²) in [6.07, 6.45) is 2.23. The number of anilines is 1. The first kappa shape index (κ1) is 21.2. The van der Waals surface area contributed by atoms with Gasteiger partial charge in [0.05, 0.1) is 23.6 Å². The lowest BCUT2D eigenvalue weighted by Crippen LogP contribution is -2.15. The Morgan fingerprint density at radius 3 is 2.59 bits per heavy atom. The molecule has 0 atom stereocenters. The van der Waals surface area contributed by atoms with Crippen molar-refractivity contribution in [2.75, 3.05) is 5.32 Å². The Bertz CT molecular complexity index is 1300. The first-order chi connectivity index (χ1) is 15.2. The highest BCUT2D eigenvalue weighted by Gasteiger charge is 2.30. The van der Waals surface area contributed by atoms with Gasteiger partial charge in [-0.3, -0.25) is 9.78 Å². The highest BCUT2D eigenvalue weighted by molar-refractivity contribution is 6.04. The topological polar surface area (TPSA) is 72.7 Å². The van der Waals surface area contributed by atoms with Crippen molar-refractivity contribution >= 4 is 11.7 Å². The average Bonchev–Trinajstić information content (AvgIpc) is 3.24. The Morgan fingerprint density at radius 2 is 1.84 bits per heavy atom. The first-order valence-corrected chi connectivity index (χ1v) is 9.32. The minimum Gasteiger partial charge on any atom is -0.307 e. The van der Waals surface area contributed by atoms with Crippen LogP contribution in [0.4, 0.5) is 23.4 Å². The van der Waals surface area contributed by atoms with Gasteiger partial charge in [-0.25, -0.2) is 14.1 Å². The van der Waals surface area contributed by atoms with Crippen molar-refractivity contribution in [2.24, 2.45) is 0 Å². The number of carbonyl (C=O) groups is 1. The second-order valence-corrected chi connectivity index (χ2v) is 6.95. The van der Waals surface area contributed by atoms with Crippen LogP contribution in [0.25, 0.3) is 16.8 Å². The molecule has 0 radical (unpaired) electrons. The smallest absolute Gasteiger partial charge is 0.307 e. The fourth-order valence-electron chi connectivity index (χ4n) is 3.03. The molecule has 0 bridgehead atoms. The van der Waals surface area contributed by atoms with Crippen LogP contribution in [0.15, 0.2) is 67.4 Å². The number of benzene rings is 1. The minimum absolute atomic E-state index is 0.203. The van der Waals surface area contributed by atoms with Crippen LogP contribution in [0.2, 0.25) is 0 Å². The summed E-state index contributed by atoms with van der Waals surface area (Å²) >= 11 is 0. The molecule has 0 saturated carbocycles.